The number of rotatable bonds is 8. The lowest BCUT2D eigenvalue weighted by Crippen LogP contribution is -2.41. The minimum atomic E-state index is -3.96. The van der Waals surface area contributed by atoms with E-state index in [2.05, 4.69) is 24.4 Å². The zero-order valence-electron chi connectivity index (χ0n) is 19.6. The maximum atomic E-state index is 13.4. The van der Waals surface area contributed by atoms with Crippen LogP contribution in [0.25, 0.3) is 0 Å². The van der Waals surface area contributed by atoms with Crippen molar-refractivity contribution in [3.05, 3.63) is 89.0 Å². The molecule has 1 atom stereocenters. The Hall–Kier alpha value is -3.32. The lowest BCUT2D eigenvalue weighted by molar-refractivity contribution is -0.120. The number of nitrogens with one attached hydrogen (secondary N) is 1. The number of nitrogens with zero attached hydrogens (tertiary/aromatic N) is 1. The molecule has 1 N–H and O–H groups in total. The molecule has 0 aliphatic carbocycles. The number of sulfonamides is 1. The molecule has 0 bridgehead atoms. The lowest BCUT2D eigenvalue weighted by Gasteiger charge is -2.25. The molecule has 0 heterocycles. The molecule has 7 heteroatoms. The van der Waals surface area contributed by atoms with E-state index >= 15 is 0 Å². The summed E-state index contributed by atoms with van der Waals surface area (Å²) >= 11 is 0. The molecule has 0 aliphatic heterocycles. The van der Waals surface area contributed by atoms with Crippen molar-refractivity contribution < 1.29 is 17.9 Å². The molecule has 0 aliphatic rings. The first-order valence-corrected chi connectivity index (χ1v) is 12.2. The first kappa shape index (κ1) is 24.3. The molecule has 174 valence electrons. The van der Waals surface area contributed by atoms with Crippen molar-refractivity contribution in [1.29, 1.82) is 0 Å². The normalized spacial score (nSPS) is 12.2. The van der Waals surface area contributed by atoms with Crippen LogP contribution in [0.1, 0.15) is 35.2 Å². The van der Waals surface area contributed by atoms with Crippen LogP contribution >= 0.6 is 0 Å². The summed E-state index contributed by atoms with van der Waals surface area (Å²) in [4.78, 5) is 13.2. The number of methoxy groups -OCH3 is 1. The predicted octanol–water partition coefficient (Wildman–Crippen LogP) is 4.69. The molecular formula is C26H30N2O4S. The fourth-order valence-electron chi connectivity index (χ4n) is 3.73. The monoisotopic (exact) mass is 466 g/mol. The van der Waals surface area contributed by atoms with E-state index in [4.69, 9.17) is 4.74 Å². The van der Waals surface area contributed by atoms with Gasteiger partial charge in [0, 0.05) is 0 Å². The average Bonchev–Trinajstić information content (AvgIpc) is 2.80. The Labute approximate surface area is 196 Å². The summed E-state index contributed by atoms with van der Waals surface area (Å²) in [5.74, 6) is 0.203. The second kappa shape index (κ2) is 10.1. The van der Waals surface area contributed by atoms with Gasteiger partial charge in [-0.15, -0.1) is 0 Å². The highest BCUT2D eigenvalue weighted by Crippen LogP contribution is 2.26. The van der Waals surface area contributed by atoms with Crippen molar-refractivity contribution in [2.75, 3.05) is 18.0 Å². The molecule has 0 fully saturated rings. The number of carbonyl (C=O) groups is 1. The van der Waals surface area contributed by atoms with Crippen molar-refractivity contribution in [2.45, 2.75) is 38.6 Å². The minimum absolute atomic E-state index is 0.117. The molecule has 3 rings (SSSR count). The Morgan fingerprint density at radius 2 is 1.55 bits per heavy atom. The van der Waals surface area contributed by atoms with E-state index in [0.29, 0.717) is 11.4 Å². The number of benzene rings is 3. The first-order valence-electron chi connectivity index (χ1n) is 10.7. The summed E-state index contributed by atoms with van der Waals surface area (Å²) in [7, 11) is -2.42. The standard InChI is InChI=1S/C26H30N2O4S/c1-18-15-20(3)25(16-19(18)2)21(4)27-26(29)17-28(22-11-13-23(32-5)14-12-22)33(30,31)24-9-7-6-8-10-24/h6-16,21H,17H2,1-5H3,(H,27,29)/t21-/m0/s1. The first-order chi connectivity index (χ1) is 15.6. The van der Waals surface area contributed by atoms with Crippen LogP contribution in [-0.2, 0) is 14.8 Å². The van der Waals surface area contributed by atoms with Crippen molar-refractivity contribution in [1.82, 2.24) is 5.32 Å². The van der Waals surface area contributed by atoms with E-state index in [1.807, 2.05) is 20.8 Å². The molecule has 0 unspecified atom stereocenters. The molecule has 3 aromatic rings. The molecular weight excluding hydrogens is 436 g/mol. The third kappa shape index (κ3) is 5.54. The number of ether oxygens (including phenoxy) is 1. The summed E-state index contributed by atoms with van der Waals surface area (Å²) in [6, 6.07) is 18.6. The van der Waals surface area contributed by atoms with Crippen molar-refractivity contribution in [3.63, 3.8) is 0 Å². The Balaban J connectivity index is 1.89. The Morgan fingerprint density at radius 1 is 0.939 bits per heavy atom. The number of hydrogen-bond acceptors (Lipinski definition) is 4. The summed E-state index contributed by atoms with van der Waals surface area (Å²) < 4.78 is 33.2. The molecule has 3 aromatic carbocycles. The summed E-state index contributed by atoms with van der Waals surface area (Å²) in [6.45, 7) is 7.64. The van der Waals surface area contributed by atoms with Crippen LogP contribution in [0, 0.1) is 20.8 Å². The summed E-state index contributed by atoms with van der Waals surface area (Å²) in [5.41, 5.74) is 4.80. The van der Waals surface area contributed by atoms with Gasteiger partial charge in [-0.05, 0) is 86.3 Å². The molecule has 6 nitrogen and oxygen atoms in total. The molecule has 0 radical (unpaired) electrons. The van der Waals surface area contributed by atoms with E-state index in [1.165, 1.54) is 24.8 Å². The Bertz CT molecular complexity index is 1220. The summed E-state index contributed by atoms with van der Waals surface area (Å²) in [5, 5.41) is 2.96. The Morgan fingerprint density at radius 3 is 2.15 bits per heavy atom. The third-order valence-corrected chi connectivity index (χ3v) is 7.49. The van der Waals surface area contributed by atoms with Gasteiger partial charge in [0.2, 0.25) is 5.91 Å². The van der Waals surface area contributed by atoms with E-state index in [0.717, 1.165) is 21.0 Å². The quantitative estimate of drug-likeness (QED) is 0.522. The largest absolute Gasteiger partial charge is 0.497 e. The van der Waals surface area contributed by atoms with Gasteiger partial charge in [0.05, 0.1) is 23.7 Å². The van der Waals surface area contributed by atoms with E-state index in [1.54, 1.807) is 42.5 Å². The molecule has 33 heavy (non-hydrogen) atoms. The number of anilines is 1. The van der Waals surface area contributed by atoms with Crippen LogP contribution in [-0.4, -0.2) is 28.0 Å². The van der Waals surface area contributed by atoms with Crippen LogP contribution < -0.4 is 14.4 Å². The highest BCUT2D eigenvalue weighted by molar-refractivity contribution is 7.92. The van der Waals surface area contributed by atoms with Gasteiger partial charge in [0.1, 0.15) is 12.3 Å². The zero-order chi connectivity index (χ0) is 24.2. The fraction of sp³-hybridized carbons (Fsp3) is 0.269. The number of hydrogen-bond donors (Lipinski definition) is 1. The van der Waals surface area contributed by atoms with Crippen molar-refractivity contribution in [3.8, 4) is 5.75 Å². The van der Waals surface area contributed by atoms with Crippen molar-refractivity contribution in [2.24, 2.45) is 0 Å². The molecule has 0 spiro atoms. The van der Waals surface area contributed by atoms with Gasteiger partial charge in [-0.2, -0.15) is 0 Å². The van der Waals surface area contributed by atoms with Gasteiger partial charge in [0.25, 0.3) is 10.0 Å². The smallest absolute Gasteiger partial charge is 0.264 e. The molecule has 0 aromatic heterocycles. The second-order valence-corrected chi connectivity index (χ2v) is 9.97. The topological polar surface area (TPSA) is 75.7 Å². The summed E-state index contributed by atoms with van der Waals surface area (Å²) in [6.07, 6.45) is 0. The van der Waals surface area contributed by atoms with Crippen LogP contribution in [0.3, 0.4) is 0 Å². The Kier molecular flexibility index (Phi) is 7.43. The molecule has 0 saturated carbocycles. The minimum Gasteiger partial charge on any atom is -0.497 e. The van der Waals surface area contributed by atoms with Gasteiger partial charge in [0.15, 0.2) is 0 Å². The maximum absolute atomic E-state index is 13.4. The van der Waals surface area contributed by atoms with Gasteiger partial charge < -0.3 is 10.1 Å². The van der Waals surface area contributed by atoms with E-state index in [9.17, 15) is 13.2 Å². The van der Waals surface area contributed by atoms with Gasteiger partial charge in [-0.3, -0.25) is 9.10 Å². The SMILES string of the molecule is COc1ccc(N(CC(=O)N[C@@H](C)c2cc(C)c(C)cc2C)S(=O)(=O)c2ccccc2)cc1. The highest BCUT2D eigenvalue weighted by atomic mass is 32.2. The number of amides is 1. The van der Waals surface area contributed by atoms with Crippen molar-refractivity contribution >= 4 is 21.6 Å². The second-order valence-electron chi connectivity index (χ2n) is 8.11. The third-order valence-electron chi connectivity index (χ3n) is 5.71. The highest BCUT2D eigenvalue weighted by Gasteiger charge is 2.27. The van der Waals surface area contributed by atoms with Crippen LogP contribution in [0.15, 0.2) is 71.6 Å². The molecule has 0 saturated heterocycles. The van der Waals surface area contributed by atoms with Crippen LogP contribution in [0.4, 0.5) is 5.69 Å². The maximum Gasteiger partial charge on any atom is 0.264 e. The van der Waals surface area contributed by atoms with Gasteiger partial charge >= 0.3 is 0 Å². The number of aryl methyl sites for hydroxylation is 3. The van der Waals surface area contributed by atoms with Gasteiger partial charge in [-0.25, -0.2) is 8.42 Å². The van der Waals surface area contributed by atoms with E-state index in [-0.39, 0.29) is 17.5 Å². The average molecular weight is 467 g/mol. The zero-order valence-corrected chi connectivity index (χ0v) is 20.4. The van der Waals surface area contributed by atoms with Crippen LogP contribution in [0.5, 0.6) is 5.75 Å². The van der Waals surface area contributed by atoms with Crippen LogP contribution in [0.2, 0.25) is 0 Å². The van der Waals surface area contributed by atoms with Gasteiger partial charge in [-0.1, -0.05) is 30.3 Å². The number of carbonyl (C=O) groups excluding carboxylic acids is 1. The molecule has 1 amide bonds. The van der Waals surface area contributed by atoms with E-state index < -0.39 is 15.9 Å². The lowest BCUT2D eigenvalue weighted by atomic mass is 9.96. The predicted molar refractivity (Wildman–Crippen MR) is 131 cm³/mol. The fourth-order valence-corrected chi connectivity index (χ4v) is 5.17.